The van der Waals surface area contributed by atoms with Crippen molar-refractivity contribution >= 4 is 29.8 Å². The molecule has 2 saturated carbocycles. The molecular formula is C24H25F2N5O3S. The summed E-state index contributed by atoms with van der Waals surface area (Å²) >= 11 is 1.94. The van der Waals surface area contributed by atoms with E-state index >= 15 is 0 Å². The molecular weight excluding hydrogens is 476 g/mol. The predicted molar refractivity (Wildman–Crippen MR) is 128 cm³/mol. The van der Waals surface area contributed by atoms with E-state index in [1.54, 1.807) is 0 Å². The maximum atomic E-state index is 13.8. The zero-order valence-corrected chi connectivity index (χ0v) is 19.9. The first-order chi connectivity index (χ1) is 16.7. The minimum absolute atomic E-state index is 0.0412. The van der Waals surface area contributed by atoms with Crippen molar-refractivity contribution in [3.05, 3.63) is 67.4 Å². The number of carbonyl (C=O) groups is 1. The Labute approximate surface area is 204 Å². The minimum atomic E-state index is -1.04. The topological polar surface area (TPSA) is 136 Å². The van der Waals surface area contributed by atoms with E-state index in [2.05, 4.69) is 5.32 Å². The van der Waals surface area contributed by atoms with Crippen molar-refractivity contribution in [1.29, 1.82) is 5.26 Å². The van der Waals surface area contributed by atoms with Gasteiger partial charge in [0.25, 0.3) is 11.5 Å². The smallest absolute Gasteiger partial charge is 0.263 e. The number of benzene rings is 1. The number of hydrogen-bond donors (Lipinski definition) is 3. The molecule has 1 heterocycles. The molecule has 0 aliphatic heterocycles. The summed E-state index contributed by atoms with van der Waals surface area (Å²) in [5.41, 5.74) is 10.5. The van der Waals surface area contributed by atoms with Gasteiger partial charge < -0.3 is 26.1 Å². The number of aromatic nitrogens is 1. The van der Waals surface area contributed by atoms with Crippen LogP contribution in [0.25, 0.3) is 12.1 Å². The fourth-order valence-electron chi connectivity index (χ4n) is 3.72. The molecule has 1 amide bonds. The number of ether oxygens (including phenoxy) is 1. The molecule has 0 atom stereocenters. The van der Waals surface area contributed by atoms with Crippen LogP contribution in [0.1, 0.15) is 47.2 Å². The van der Waals surface area contributed by atoms with E-state index in [1.165, 1.54) is 42.8 Å². The number of nitrogens with zero attached hydrogens (tertiary/aromatic N) is 2. The number of pyridine rings is 1. The van der Waals surface area contributed by atoms with Crippen LogP contribution < -0.4 is 32.9 Å². The van der Waals surface area contributed by atoms with Gasteiger partial charge in [-0.1, -0.05) is 0 Å². The van der Waals surface area contributed by atoms with Crippen LogP contribution in [0.3, 0.4) is 0 Å². The number of amides is 1. The van der Waals surface area contributed by atoms with Gasteiger partial charge in [0.15, 0.2) is 0 Å². The molecule has 8 nitrogen and oxygen atoms in total. The summed E-state index contributed by atoms with van der Waals surface area (Å²) < 4.78 is 34.8. The third-order valence-corrected chi connectivity index (χ3v) is 7.84. The van der Waals surface area contributed by atoms with Crippen LogP contribution >= 0.6 is 11.8 Å². The number of nitrogens with one attached hydrogen (secondary N) is 1. The van der Waals surface area contributed by atoms with Crippen LogP contribution in [-0.2, 0) is 18.3 Å². The highest BCUT2D eigenvalue weighted by atomic mass is 32.2. The third-order valence-electron chi connectivity index (χ3n) is 6.01. The number of thioether (sulfide) groups is 1. The van der Waals surface area contributed by atoms with Crippen LogP contribution in [0.5, 0.6) is 0 Å². The zero-order valence-electron chi connectivity index (χ0n) is 19.1. The average molecular weight is 502 g/mol. The molecule has 2 aliphatic rings. The van der Waals surface area contributed by atoms with E-state index < -0.39 is 28.7 Å². The Hall–Kier alpha value is -3.52. The SMILES string of the molecule is Cn1c(=O)c(C(=O)NCc2cc(F)c(C#N)c(F)c2)cc(=C/N)/c1=C(\N)OCC1(SC2CC2)CC1. The predicted octanol–water partition coefficient (Wildman–Crippen LogP) is 0.631. The highest BCUT2D eigenvalue weighted by Crippen LogP contribution is 2.55. The highest BCUT2D eigenvalue weighted by Gasteiger charge is 2.48. The van der Waals surface area contributed by atoms with Gasteiger partial charge in [0.1, 0.15) is 40.8 Å². The first-order valence-corrected chi connectivity index (χ1v) is 11.9. The van der Waals surface area contributed by atoms with E-state index in [9.17, 15) is 18.4 Å². The van der Waals surface area contributed by atoms with Crippen LogP contribution in [0.4, 0.5) is 8.78 Å². The summed E-state index contributed by atoms with van der Waals surface area (Å²) in [5, 5.41) is 12.5. The molecule has 184 valence electrons. The number of hydrogen-bond acceptors (Lipinski definition) is 7. The quantitative estimate of drug-likeness (QED) is 0.483. The summed E-state index contributed by atoms with van der Waals surface area (Å²) in [6.07, 6.45) is 5.79. The van der Waals surface area contributed by atoms with Crippen LogP contribution in [-0.4, -0.2) is 27.1 Å². The summed E-state index contributed by atoms with van der Waals surface area (Å²) in [6.45, 7) is 0.168. The number of carbonyl (C=O) groups excluding carboxylic acids is 1. The van der Waals surface area contributed by atoms with Crippen molar-refractivity contribution < 1.29 is 18.3 Å². The third kappa shape index (κ3) is 5.27. The lowest BCUT2D eigenvalue weighted by Gasteiger charge is -2.16. The second-order valence-electron chi connectivity index (χ2n) is 8.77. The molecule has 4 rings (SSSR count). The Bertz CT molecular complexity index is 1380. The Morgan fingerprint density at radius 1 is 1.34 bits per heavy atom. The molecule has 2 aromatic rings. The molecule has 11 heteroatoms. The van der Waals surface area contributed by atoms with Gasteiger partial charge in [-0.15, -0.1) is 11.8 Å². The molecule has 1 aromatic heterocycles. The molecule has 5 N–H and O–H groups in total. The molecule has 35 heavy (non-hydrogen) atoms. The first-order valence-electron chi connectivity index (χ1n) is 11.1. The van der Waals surface area contributed by atoms with Crippen LogP contribution in [0.15, 0.2) is 23.0 Å². The summed E-state index contributed by atoms with van der Waals surface area (Å²) in [4.78, 5) is 25.7. The molecule has 1 aromatic carbocycles. The van der Waals surface area contributed by atoms with Crippen molar-refractivity contribution in [3.63, 3.8) is 0 Å². The lowest BCUT2D eigenvalue weighted by Crippen LogP contribution is -2.48. The number of nitrogens with two attached hydrogens (primary N) is 2. The van der Waals surface area contributed by atoms with Crippen LogP contribution in [0, 0.1) is 23.0 Å². The summed E-state index contributed by atoms with van der Waals surface area (Å²) in [6, 6.07) is 4.63. The van der Waals surface area contributed by atoms with Gasteiger partial charge in [-0.25, -0.2) is 8.78 Å². The van der Waals surface area contributed by atoms with E-state index in [4.69, 9.17) is 21.5 Å². The second kappa shape index (κ2) is 9.62. The van der Waals surface area contributed by atoms with Gasteiger partial charge in [0.05, 0.1) is 4.75 Å². The average Bonchev–Trinajstić information content (AvgIpc) is 3.76. The van der Waals surface area contributed by atoms with Crippen molar-refractivity contribution in [2.24, 2.45) is 18.5 Å². The van der Waals surface area contributed by atoms with Gasteiger partial charge in [-0.2, -0.15) is 5.26 Å². The molecule has 0 saturated heterocycles. The van der Waals surface area contributed by atoms with E-state index in [-0.39, 0.29) is 33.7 Å². The van der Waals surface area contributed by atoms with Crippen molar-refractivity contribution in [1.82, 2.24) is 9.88 Å². The summed E-state index contributed by atoms with van der Waals surface area (Å²) in [5.74, 6) is -2.79. The van der Waals surface area contributed by atoms with Crippen molar-refractivity contribution in [2.45, 2.75) is 42.2 Å². The maximum absolute atomic E-state index is 13.8. The Morgan fingerprint density at radius 3 is 2.54 bits per heavy atom. The minimum Gasteiger partial charge on any atom is -0.476 e. The van der Waals surface area contributed by atoms with E-state index in [0.717, 1.165) is 25.0 Å². The standard InChI is InChI=1S/C24H25F2N5O3S/c1-31-20(21(29)34-12-24(4-5-24)35-15-2-3-15)14(9-27)8-16(23(31)33)22(32)30-11-13-6-18(25)17(10-28)19(26)7-13/h6-9,15H,2-5,11-12,27,29H2,1H3,(H,30,32)/b14-9-,21-20-. The van der Waals surface area contributed by atoms with Gasteiger partial charge in [0, 0.05) is 30.3 Å². The van der Waals surface area contributed by atoms with Crippen LogP contribution in [0.2, 0.25) is 0 Å². The molecule has 2 aliphatic carbocycles. The largest absolute Gasteiger partial charge is 0.476 e. The molecule has 0 radical (unpaired) electrons. The van der Waals surface area contributed by atoms with E-state index in [1.807, 2.05) is 11.8 Å². The monoisotopic (exact) mass is 501 g/mol. The number of rotatable bonds is 8. The molecule has 0 bridgehead atoms. The Morgan fingerprint density at radius 2 is 2.00 bits per heavy atom. The van der Waals surface area contributed by atoms with Gasteiger partial charge >= 0.3 is 0 Å². The molecule has 0 spiro atoms. The lowest BCUT2D eigenvalue weighted by molar-refractivity contribution is 0.0948. The highest BCUT2D eigenvalue weighted by molar-refractivity contribution is 8.01. The maximum Gasteiger partial charge on any atom is 0.263 e. The second-order valence-corrected chi connectivity index (χ2v) is 10.5. The number of halogens is 2. The lowest BCUT2D eigenvalue weighted by atomic mass is 10.1. The van der Waals surface area contributed by atoms with Crippen molar-refractivity contribution in [2.75, 3.05) is 6.61 Å². The summed E-state index contributed by atoms with van der Waals surface area (Å²) in [7, 11) is 1.45. The fraction of sp³-hybridized carbons (Fsp3) is 0.375. The first kappa shape index (κ1) is 24.6. The Balaban J connectivity index is 1.55. The normalized spacial score (nSPS) is 17.5. The molecule has 0 unspecified atom stereocenters. The number of nitriles is 1. The molecule has 2 fully saturated rings. The zero-order chi connectivity index (χ0) is 25.3. The van der Waals surface area contributed by atoms with Gasteiger partial charge in [0.2, 0.25) is 5.88 Å². The van der Waals surface area contributed by atoms with E-state index in [0.29, 0.717) is 17.1 Å². The van der Waals surface area contributed by atoms with Gasteiger partial charge in [-0.05, 0) is 49.4 Å². The fourth-order valence-corrected chi connectivity index (χ4v) is 5.27. The van der Waals surface area contributed by atoms with Gasteiger partial charge in [-0.3, -0.25) is 9.59 Å². The Kier molecular flexibility index (Phi) is 6.76. The van der Waals surface area contributed by atoms with Crippen molar-refractivity contribution in [3.8, 4) is 6.07 Å².